The van der Waals surface area contributed by atoms with E-state index < -0.39 is 19.9 Å². The van der Waals surface area contributed by atoms with Crippen LogP contribution in [0.2, 0.25) is 0 Å². The number of sulfone groups is 1. The fourth-order valence-electron chi connectivity index (χ4n) is 2.16. The van der Waals surface area contributed by atoms with Crippen LogP contribution < -0.4 is 9.46 Å². The molecule has 6 nitrogen and oxygen atoms in total. The molecule has 0 unspecified atom stereocenters. The van der Waals surface area contributed by atoms with E-state index in [2.05, 4.69) is 4.72 Å². The summed E-state index contributed by atoms with van der Waals surface area (Å²) < 4.78 is 56.1. The molecule has 0 aliphatic heterocycles. The van der Waals surface area contributed by atoms with E-state index in [4.69, 9.17) is 4.74 Å². The Kier molecular flexibility index (Phi) is 5.32. The van der Waals surface area contributed by atoms with Gasteiger partial charge in [-0.1, -0.05) is 24.3 Å². The molecule has 1 N–H and O–H groups in total. The van der Waals surface area contributed by atoms with Crippen molar-refractivity contribution in [2.45, 2.75) is 23.3 Å². The number of hydrogen-bond donors (Lipinski definition) is 1. The van der Waals surface area contributed by atoms with Crippen LogP contribution >= 0.6 is 0 Å². The van der Waals surface area contributed by atoms with Crippen LogP contribution in [-0.4, -0.2) is 30.2 Å². The molecule has 8 heteroatoms. The second-order valence-corrected chi connectivity index (χ2v) is 9.09. The molecule has 0 saturated heterocycles. The van der Waals surface area contributed by atoms with Crippen LogP contribution in [-0.2, 0) is 26.4 Å². The first kappa shape index (κ1) is 18.4. The Morgan fingerprint density at radius 1 is 1.04 bits per heavy atom. The van der Waals surface area contributed by atoms with E-state index in [0.717, 1.165) is 23.4 Å². The molecule has 0 spiro atoms. The highest BCUT2D eigenvalue weighted by molar-refractivity contribution is 7.91. The summed E-state index contributed by atoms with van der Waals surface area (Å²) in [4.78, 5) is -0.291. The van der Waals surface area contributed by atoms with Gasteiger partial charge in [0.25, 0.3) is 0 Å². The van der Waals surface area contributed by atoms with Crippen LogP contribution in [0.1, 0.15) is 11.1 Å². The van der Waals surface area contributed by atoms with Crippen molar-refractivity contribution in [3.63, 3.8) is 0 Å². The monoisotopic (exact) mass is 369 g/mol. The van der Waals surface area contributed by atoms with Gasteiger partial charge in [0.2, 0.25) is 10.0 Å². The van der Waals surface area contributed by atoms with Crippen molar-refractivity contribution < 1.29 is 21.6 Å². The zero-order valence-electron chi connectivity index (χ0n) is 13.6. The van der Waals surface area contributed by atoms with E-state index in [1.54, 1.807) is 0 Å². The smallest absolute Gasteiger partial charge is 0.244 e. The molecule has 0 aliphatic rings. The predicted molar refractivity (Wildman–Crippen MR) is 91.3 cm³/mol. The Morgan fingerprint density at radius 2 is 1.71 bits per heavy atom. The summed E-state index contributed by atoms with van der Waals surface area (Å²) in [6.07, 6.45) is 1.02. The lowest BCUT2D eigenvalue weighted by molar-refractivity contribution is 0.401. The molecule has 2 rings (SSSR count). The topological polar surface area (TPSA) is 89.5 Å². The molecule has 24 heavy (non-hydrogen) atoms. The molecular weight excluding hydrogens is 350 g/mol. The van der Waals surface area contributed by atoms with Gasteiger partial charge in [0.05, 0.1) is 12.0 Å². The Hall–Kier alpha value is -1.90. The van der Waals surface area contributed by atoms with Gasteiger partial charge < -0.3 is 4.74 Å². The van der Waals surface area contributed by atoms with Crippen molar-refractivity contribution in [2.24, 2.45) is 0 Å². The van der Waals surface area contributed by atoms with Gasteiger partial charge >= 0.3 is 0 Å². The lowest BCUT2D eigenvalue weighted by Gasteiger charge is -2.13. The molecule has 2 aromatic rings. The summed E-state index contributed by atoms with van der Waals surface area (Å²) in [6.45, 7) is 1.98. The van der Waals surface area contributed by atoms with Crippen LogP contribution in [0.4, 0.5) is 0 Å². The maximum atomic E-state index is 12.6. The van der Waals surface area contributed by atoms with Crippen molar-refractivity contribution in [1.29, 1.82) is 0 Å². The molecule has 0 bridgehead atoms. The predicted octanol–water partition coefficient (Wildman–Crippen LogP) is 1.89. The minimum absolute atomic E-state index is 0.0830. The van der Waals surface area contributed by atoms with E-state index in [-0.39, 0.29) is 22.1 Å². The normalized spacial score (nSPS) is 12.1. The molecule has 130 valence electrons. The molecule has 2 aromatic carbocycles. The van der Waals surface area contributed by atoms with Crippen molar-refractivity contribution in [2.75, 3.05) is 13.4 Å². The average Bonchev–Trinajstić information content (AvgIpc) is 2.52. The zero-order chi connectivity index (χ0) is 18.0. The number of sulfonamides is 1. The number of hydrogen-bond acceptors (Lipinski definition) is 5. The third-order valence-electron chi connectivity index (χ3n) is 3.57. The maximum Gasteiger partial charge on any atom is 0.244 e. The van der Waals surface area contributed by atoms with Crippen LogP contribution in [0.25, 0.3) is 0 Å². The van der Waals surface area contributed by atoms with E-state index in [1.165, 1.54) is 19.2 Å². The molecule has 0 fully saturated rings. The summed E-state index contributed by atoms with van der Waals surface area (Å²) in [5, 5.41) is 0. The highest BCUT2D eigenvalue weighted by atomic mass is 32.2. The highest BCUT2D eigenvalue weighted by Gasteiger charge is 2.22. The second-order valence-electron chi connectivity index (χ2n) is 5.34. The molecule has 0 saturated carbocycles. The van der Waals surface area contributed by atoms with Crippen LogP contribution in [0.5, 0.6) is 5.75 Å². The summed E-state index contributed by atoms with van der Waals surface area (Å²) >= 11 is 0. The molecular formula is C16H19NO5S2. The van der Waals surface area contributed by atoms with Gasteiger partial charge in [0.15, 0.2) is 9.84 Å². The number of aryl methyl sites for hydroxylation is 1. The van der Waals surface area contributed by atoms with Crippen LogP contribution in [0, 0.1) is 6.92 Å². The first-order valence-corrected chi connectivity index (χ1v) is 10.4. The molecule has 0 atom stereocenters. The lowest BCUT2D eigenvalue weighted by Crippen LogP contribution is -2.24. The molecule has 0 aromatic heterocycles. The Morgan fingerprint density at radius 3 is 2.29 bits per heavy atom. The van der Waals surface area contributed by atoms with Crippen molar-refractivity contribution in [3.05, 3.63) is 53.6 Å². The third-order valence-corrected chi connectivity index (χ3v) is 6.10. The number of rotatable bonds is 6. The van der Waals surface area contributed by atoms with Crippen LogP contribution in [0.3, 0.4) is 0 Å². The van der Waals surface area contributed by atoms with Gasteiger partial charge in [-0.05, 0) is 36.2 Å². The van der Waals surface area contributed by atoms with Crippen molar-refractivity contribution >= 4 is 19.9 Å². The van der Waals surface area contributed by atoms with E-state index >= 15 is 0 Å². The number of nitrogens with one attached hydrogen (secondary N) is 1. The average molecular weight is 369 g/mol. The van der Waals surface area contributed by atoms with Gasteiger partial charge in [-0.15, -0.1) is 0 Å². The highest BCUT2D eigenvalue weighted by Crippen LogP contribution is 2.27. The molecule has 0 aliphatic carbocycles. The van der Waals surface area contributed by atoms with Crippen molar-refractivity contribution in [1.82, 2.24) is 4.72 Å². The largest absolute Gasteiger partial charge is 0.495 e. The fourth-order valence-corrected chi connectivity index (χ4v) is 4.08. The van der Waals surface area contributed by atoms with Crippen LogP contribution in [0.15, 0.2) is 52.3 Å². The zero-order valence-corrected chi connectivity index (χ0v) is 15.2. The van der Waals surface area contributed by atoms with E-state index in [9.17, 15) is 16.8 Å². The Bertz CT molecular complexity index is 950. The quantitative estimate of drug-likeness (QED) is 0.840. The third kappa shape index (κ3) is 4.14. The number of ether oxygens (including phenoxy) is 1. The first-order valence-electron chi connectivity index (χ1n) is 7.07. The standard InChI is InChI=1S/C16H19NO5S2/c1-12-6-4-5-7-13(12)11-17-24(20,21)16-10-14(23(3,18)19)8-9-15(16)22-2/h4-10,17H,11H2,1-3H3. The Labute approximate surface area is 142 Å². The second kappa shape index (κ2) is 6.92. The lowest BCUT2D eigenvalue weighted by atomic mass is 10.1. The first-order chi connectivity index (χ1) is 11.1. The minimum atomic E-state index is -3.94. The molecule has 0 amide bonds. The summed E-state index contributed by atoms with van der Waals surface area (Å²) in [7, 11) is -6.14. The summed E-state index contributed by atoms with van der Waals surface area (Å²) in [5.74, 6) is 0.0830. The van der Waals surface area contributed by atoms with Crippen molar-refractivity contribution in [3.8, 4) is 5.75 Å². The summed E-state index contributed by atoms with van der Waals surface area (Å²) in [5.41, 5.74) is 1.79. The van der Waals surface area contributed by atoms with Gasteiger partial charge in [-0.3, -0.25) is 0 Å². The molecule has 0 heterocycles. The maximum absolute atomic E-state index is 12.6. The minimum Gasteiger partial charge on any atom is -0.495 e. The van der Waals surface area contributed by atoms with Gasteiger partial charge in [-0.2, -0.15) is 0 Å². The fraction of sp³-hybridized carbons (Fsp3) is 0.250. The number of methoxy groups -OCH3 is 1. The van der Waals surface area contributed by atoms with Gasteiger partial charge in [0.1, 0.15) is 10.6 Å². The van der Waals surface area contributed by atoms with Gasteiger partial charge in [0, 0.05) is 12.8 Å². The van der Waals surface area contributed by atoms with E-state index in [1.807, 2.05) is 31.2 Å². The SMILES string of the molecule is COc1ccc(S(C)(=O)=O)cc1S(=O)(=O)NCc1ccccc1C. The summed E-state index contributed by atoms with van der Waals surface area (Å²) in [6, 6.07) is 11.1. The number of benzene rings is 2. The van der Waals surface area contributed by atoms with Gasteiger partial charge in [-0.25, -0.2) is 21.6 Å². The van der Waals surface area contributed by atoms with E-state index in [0.29, 0.717) is 0 Å². The molecule has 0 radical (unpaired) electrons. The Balaban J connectivity index is 2.39.